The lowest BCUT2D eigenvalue weighted by atomic mass is 10.3. The second-order valence-electron chi connectivity index (χ2n) is 3.89. The minimum Gasteiger partial charge on any atom is -0.495 e. The van der Waals surface area contributed by atoms with Crippen molar-refractivity contribution in [3.63, 3.8) is 0 Å². The Hall–Kier alpha value is -1.72. The molecular formula is C13H14Cl2N4O. The van der Waals surface area contributed by atoms with Gasteiger partial charge in [0, 0.05) is 11.6 Å². The van der Waals surface area contributed by atoms with Gasteiger partial charge in [0.2, 0.25) is 5.95 Å². The maximum atomic E-state index is 6.09. The molecule has 0 amide bonds. The van der Waals surface area contributed by atoms with Crippen molar-refractivity contribution in [2.45, 2.75) is 6.92 Å². The molecule has 0 aliphatic heterocycles. The molecule has 1 heterocycles. The van der Waals surface area contributed by atoms with Crippen LogP contribution in [-0.4, -0.2) is 23.6 Å². The normalized spacial score (nSPS) is 10.2. The van der Waals surface area contributed by atoms with E-state index in [4.69, 9.17) is 27.9 Å². The highest BCUT2D eigenvalue weighted by atomic mass is 35.5. The Bertz CT molecular complexity index is 607. The van der Waals surface area contributed by atoms with Gasteiger partial charge in [-0.3, -0.25) is 0 Å². The number of nitrogens with one attached hydrogen (secondary N) is 2. The monoisotopic (exact) mass is 312 g/mol. The molecule has 0 saturated heterocycles. The minimum absolute atomic E-state index is 0.411. The summed E-state index contributed by atoms with van der Waals surface area (Å²) in [6.07, 6.45) is 1.53. The van der Waals surface area contributed by atoms with E-state index in [1.165, 1.54) is 6.20 Å². The minimum atomic E-state index is 0.411. The van der Waals surface area contributed by atoms with Crippen molar-refractivity contribution in [2.75, 3.05) is 24.3 Å². The van der Waals surface area contributed by atoms with Gasteiger partial charge < -0.3 is 15.4 Å². The third kappa shape index (κ3) is 3.43. The molecule has 2 rings (SSSR count). The van der Waals surface area contributed by atoms with Gasteiger partial charge >= 0.3 is 0 Å². The molecular weight excluding hydrogens is 299 g/mol. The summed E-state index contributed by atoms with van der Waals surface area (Å²) in [7, 11) is 1.58. The molecule has 2 aromatic rings. The van der Waals surface area contributed by atoms with Gasteiger partial charge in [-0.2, -0.15) is 4.98 Å². The van der Waals surface area contributed by atoms with Crippen LogP contribution < -0.4 is 15.4 Å². The van der Waals surface area contributed by atoms with Gasteiger partial charge in [0.15, 0.2) is 5.82 Å². The highest BCUT2D eigenvalue weighted by Crippen LogP contribution is 2.32. The number of methoxy groups -OCH3 is 1. The van der Waals surface area contributed by atoms with E-state index >= 15 is 0 Å². The average molecular weight is 313 g/mol. The zero-order chi connectivity index (χ0) is 14.5. The van der Waals surface area contributed by atoms with Gasteiger partial charge in [-0.1, -0.05) is 23.2 Å². The number of halogens is 2. The molecule has 5 nitrogen and oxygen atoms in total. The lowest BCUT2D eigenvalue weighted by molar-refractivity contribution is 0.417. The number of anilines is 3. The van der Waals surface area contributed by atoms with Crippen LogP contribution in [0.4, 0.5) is 17.5 Å². The fraction of sp³-hybridized carbons (Fsp3) is 0.231. The Labute approximate surface area is 127 Å². The van der Waals surface area contributed by atoms with Crippen LogP contribution in [0, 0.1) is 0 Å². The van der Waals surface area contributed by atoms with E-state index in [0.717, 1.165) is 6.54 Å². The van der Waals surface area contributed by atoms with Gasteiger partial charge in [0.1, 0.15) is 10.8 Å². The van der Waals surface area contributed by atoms with E-state index in [-0.39, 0.29) is 0 Å². The molecule has 0 saturated carbocycles. The first-order valence-corrected chi connectivity index (χ1v) is 6.76. The summed E-state index contributed by atoms with van der Waals surface area (Å²) in [6.45, 7) is 2.69. The zero-order valence-electron chi connectivity index (χ0n) is 11.1. The molecule has 2 N–H and O–H groups in total. The highest BCUT2D eigenvalue weighted by Gasteiger charge is 2.09. The summed E-state index contributed by atoms with van der Waals surface area (Å²) in [6, 6.07) is 5.26. The van der Waals surface area contributed by atoms with Crippen LogP contribution in [0.2, 0.25) is 10.0 Å². The molecule has 1 aromatic heterocycles. The van der Waals surface area contributed by atoms with E-state index in [0.29, 0.717) is 33.2 Å². The van der Waals surface area contributed by atoms with Crippen LogP contribution in [0.1, 0.15) is 6.92 Å². The summed E-state index contributed by atoms with van der Waals surface area (Å²) in [5, 5.41) is 7.12. The van der Waals surface area contributed by atoms with Gasteiger partial charge in [0.05, 0.1) is 19.0 Å². The van der Waals surface area contributed by atoms with E-state index < -0.39 is 0 Å². The van der Waals surface area contributed by atoms with E-state index in [1.54, 1.807) is 25.3 Å². The number of hydrogen-bond acceptors (Lipinski definition) is 5. The van der Waals surface area contributed by atoms with Crippen LogP contribution >= 0.6 is 23.2 Å². The van der Waals surface area contributed by atoms with Crippen LogP contribution in [0.5, 0.6) is 5.75 Å². The van der Waals surface area contributed by atoms with Crippen molar-refractivity contribution in [3.8, 4) is 5.75 Å². The molecule has 0 atom stereocenters. The molecule has 0 aliphatic carbocycles. The van der Waals surface area contributed by atoms with Gasteiger partial charge in [0.25, 0.3) is 0 Å². The Morgan fingerprint density at radius 2 is 2.10 bits per heavy atom. The van der Waals surface area contributed by atoms with E-state index in [2.05, 4.69) is 20.6 Å². The predicted molar refractivity (Wildman–Crippen MR) is 82.5 cm³/mol. The molecule has 0 fully saturated rings. The Kier molecular flexibility index (Phi) is 4.87. The third-order valence-corrected chi connectivity index (χ3v) is 3.01. The average Bonchev–Trinajstić information content (AvgIpc) is 2.43. The number of ether oxygens (including phenoxy) is 1. The quantitative estimate of drug-likeness (QED) is 0.875. The van der Waals surface area contributed by atoms with Crippen molar-refractivity contribution in [1.29, 1.82) is 0 Å². The molecule has 0 unspecified atom stereocenters. The van der Waals surface area contributed by atoms with E-state index in [1.807, 2.05) is 6.92 Å². The maximum absolute atomic E-state index is 6.09. The van der Waals surface area contributed by atoms with Crippen molar-refractivity contribution in [1.82, 2.24) is 9.97 Å². The van der Waals surface area contributed by atoms with E-state index in [9.17, 15) is 0 Å². The number of rotatable bonds is 5. The first-order chi connectivity index (χ1) is 9.63. The standard InChI is InChI=1S/C13H14Cl2N4O/c1-3-16-13-17-7-9(15)12(19-13)18-10-6-8(14)4-5-11(10)20-2/h4-7H,3H2,1-2H3,(H2,16,17,18,19). The van der Waals surface area contributed by atoms with Crippen LogP contribution in [-0.2, 0) is 0 Å². The van der Waals surface area contributed by atoms with Gasteiger partial charge in [-0.25, -0.2) is 4.98 Å². The molecule has 0 spiro atoms. The molecule has 1 aromatic carbocycles. The maximum Gasteiger partial charge on any atom is 0.224 e. The number of nitrogens with zero attached hydrogens (tertiary/aromatic N) is 2. The van der Waals surface area contributed by atoms with Crippen molar-refractivity contribution >= 4 is 40.7 Å². The molecule has 20 heavy (non-hydrogen) atoms. The van der Waals surface area contributed by atoms with Crippen LogP contribution in [0.3, 0.4) is 0 Å². The second-order valence-corrected chi connectivity index (χ2v) is 4.73. The first-order valence-electron chi connectivity index (χ1n) is 6.01. The zero-order valence-corrected chi connectivity index (χ0v) is 12.6. The lowest BCUT2D eigenvalue weighted by Crippen LogP contribution is -2.05. The summed E-state index contributed by atoms with van der Waals surface area (Å²) in [5.74, 6) is 1.63. The van der Waals surface area contributed by atoms with Crippen LogP contribution in [0.25, 0.3) is 0 Å². The van der Waals surface area contributed by atoms with Gasteiger partial charge in [-0.15, -0.1) is 0 Å². The third-order valence-electron chi connectivity index (χ3n) is 2.49. The predicted octanol–water partition coefficient (Wildman–Crippen LogP) is 3.97. The Morgan fingerprint density at radius 1 is 1.30 bits per heavy atom. The Balaban J connectivity index is 2.33. The molecule has 106 valence electrons. The SMILES string of the molecule is CCNc1ncc(Cl)c(Nc2cc(Cl)ccc2OC)n1. The fourth-order valence-corrected chi connectivity index (χ4v) is 1.91. The summed E-state index contributed by atoms with van der Waals surface area (Å²) in [4.78, 5) is 8.38. The Morgan fingerprint density at radius 3 is 2.80 bits per heavy atom. The second kappa shape index (κ2) is 6.63. The molecule has 0 radical (unpaired) electrons. The number of benzene rings is 1. The number of hydrogen-bond donors (Lipinski definition) is 2. The van der Waals surface area contributed by atoms with Crippen LogP contribution in [0.15, 0.2) is 24.4 Å². The number of aromatic nitrogens is 2. The summed E-state index contributed by atoms with van der Waals surface area (Å²) in [5.41, 5.74) is 0.683. The fourth-order valence-electron chi connectivity index (χ4n) is 1.60. The summed E-state index contributed by atoms with van der Waals surface area (Å²) < 4.78 is 5.27. The molecule has 7 heteroatoms. The van der Waals surface area contributed by atoms with Gasteiger partial charge in [-0.05, 0) is 25.1 Å². The topological polar surface area (TPSA) is 59.1 Å². The summed E-state index contributed by atoms with van der Waals surface area (Å²) >= 11 is 12.1. The first kappa shape index (κ1) is 14.7. The lowest BCUT2D eigenvalue weighted by Gasteiger charge is -2.12. The highest BCUT2D eigenvalue weighted by molar-refractivity contribution is 6.33. The molecule has 0 bridgehead atoms. The van der Waals surface area contributed by atoms with Crippen molar-refractivity contribution < 1.29 is 4.74 Å². The van der Waals surface area contributed by atoms with Crippen molar-refractivity contribution in [2.24, 2.45) is 0 Å². The smallest absolute Gasteiger partial charge is 0.224 e. The largest absolute Gasteiger partial charge is 0.495 e. The van der Waals surface area contributed by atoms with Crippen molar-refractivity contribution in [3.05, 3.63) is 34.4 Å². The molecule has 0 aliphatic rings.